The molecule has 0 radical (unpaired) electrons. The highest BCUT2D eigenvalue weighted by molar-refractivity contribution is 7.92. The molecule has 0 aliphatic rings. The van der Waals surface area contributed by atoms with Crippen molar-refractivity contribution in [2.75, 3.05) is 16.2 Å². The van der Waals surface area contributed by atoms with Crippen LogP contribution in [0.3, 0.4) is 0 Å². The fraction of sp³-hybridized carbons (Fsp3) is 0.300. The van der Waals surface area contributed by atoms with Gasteiger partial charge in [-0.05, 0) is 24.6 Å². The summed E-state index contributed by atoms with van der Waals surface area (Å²) in [4.78, 5) is 10.3. The van der Waals surface area contributed by atoms with Crippen LogP contribution in [0.25, 0.3) is 0 Å². The van der Waals surface area contributed by atoms with Gasteiger partial charge in [0.1, 0.15) is 0 Å². The van der Waals surface area contributed by atoms with Gasteiger partial charge in [0.2, 0.25) is 10.0 Å². The first-order chi connectivity index (χ1) is 7.89. The molecule has 7 heteroatoms. The highest BCUT2D eigenvalue weighted by Gasteiger charge is 2.11. The van der Waals surface area contributed by atoms with Crippen LogP contribution in [0.2, 0.25) is 0 Å². The fourth-order valence-corrected chi connectivity index (χ4v) is 2.36. The lowest BCUT2D eigenvalue weighted by molar-refractivity contribution is -0.137. The number of hydrogen-bond acceptors (Lipinski definition) is 4. The van der Waals surface area contributed by atoms with Gasteiger partial charge in [-0.25, -0.2) is 8.42 Å². The molecular formula is C10H14N2O4S. The number of carbonyl (C=O) groups is 1. The van der Waals surface area contributed by atoms with E-state index in [1.165, 1.54) is 6.07 Å². The topological polar surface area (TPSA) is 109 Å². The molecule has 0 saturated heterocycles. The first-order valence-electron chi connectivity index (χ1n) is 4.97. The SMILES string of the molecule is Nc1cccc(NS(=O)(=O)CCCC(=O)O)c1. The smallest absolute Gasteiger partial charge is 0.303 e. The molecule has 0 unspecified atom stereocenters. The van der Waals surface area contributed by atoms with Gasteiger partial charge < -0.3 is 10.8 Å². The van der Waals surface area contributed by atoms with Crippen molar-refractivity contribution in [1.29, 1.82) is 0 Å². The number of benzene rings is 1. The zero-order chi connectivity index (χ0) is 12.9. The third kappa shape index (κ3) is 5.21. The molecule has 0 aliphatic heterocycles. The Balaban J connectivity index is 2.57. The number of anilines is 2. The molecule has 6 nitrogen and oxygen atoms in total. The average molecular weight is 258 g/mol. The van der Waals surface area contributed by atoms with E-state index in [1.807, 2.05) is 0 Å². The minimum Gasteiger partial charge on any atom is -0.481 e. The summed E-state index contributed by atoms with van der Waals surface area (Å²) in [5.74, 6) is -1.24. The molecule has 17 heavy (non-hydrogen) atoms. The van der Waals surface area contributed by atoms with Gasteiger partial charge in [0.25, 0.3) is 0 Å². The van der Waals surface area contributed by atoms with Crippen molar-refractivity contribution >= 4 is 27.4 Å². The van der Waals surface area contributed by atoms with Crippen LogP contribution in [0.15, 0.2) is 24.3 Å². The lowest BCUT2D eigenvalue weighted by Gasteiger charge is -2.07. The zero-order valence-corrected chi connectivity index (χ0v) is 9.90. The van der Waals surface area contributed by atoms with Gasteiger partial charge in [-0.3, -0.25) is 9.52 Å². The van der Waals surface area contributed by atoms with Gasteiger partial charge in [-0.1, -0.05) is 6.07 Å². The van der Waals surface area contributed by atoms with E-state index in [4.69, 9.17) is 10.8 Å². The average Bonchev–Trinajstić information content (AvgIpc) is 2.15. The van der Waals surface area contributed by atoms with Crippen LogP contribution in [0.1, 0.15) is 12.8 Å². The van der Waals surface area contributed by atoms with Gasteiger partial charge in [0.15, 0.2) is 0 Å². The number of aliphatic carboxylic acids is 1. The Morgan fingerprint density at radius 2 is 2.12 bits per heavy atom. The Morgan fingerprint density at radius 3 is 2.71 bits per heavy atom. The maximum absolute atomic E-state index is 11.5. The van der Waals surface area contributed by atoms with E-state index in [9.17, 15) is 13.2 Å². The molecule has 94 valence electrons. The molecule has 4 N–H and O–H groups in total. The number of rotatable bonds is 6. The first kappa shape index (κ1) is 13.3. The molecule has 0 saturated carbocycles. The molecule has 1 aromatic carbocycles. The Kier molecular flexibility index (Phi) is 4.33. The van der Waals surface area contributed by atoms with Gasteiger partial charge >= 0.3 is 5.97 Å². The minimum absolute atomic E-state index is 0.0764. The standard InChI is InChI=1S/C10H14N2O4S/c11-8-3-1-4-9(7-8)12-17(15,16)6-2-5-10(13)14/h1,3-4,7,12H,2,5-6,11H2,(H,13,14). The zero-order valence-electron chi connectivity index (χ0n) is 9.09. The van der Waals surface area contributed by atoms with E-state index in [-0.39, 0.29) is 18.6 Å². The monoisotopic (exact) mass is 258 g/mol. The lowest BCUT2D eigenvalue weighted by Crippen LogP contribution is -2.17. The minimum atomic E-state index is -3.52. The van der Waals surface area contributed by atoms with Crippen molar-refractivity contribution in [1.82, 2.24) is 0 Å². The third-order valence-electron chi connectivity index (χ3n) is 1.96. The quantitative estimate of drug-likeness (QED) is 0.656. The Hall–Kier alpha value is -1.76. The van der Waals surface area contributed by atoms with E-state index in [1.54, 1.807) is 18.2 Å². The molecule has 0 amide bonds. The van der Waals surface area contributed by atoms with Crippen LogP contribution < -0.4 is 10.5 Å². The number of hydrogen-bond donors (Lipinski definition) is 3. The maximum atomic E-state index is 11.5. The van der Waals surface area contributed by atoms with Crippen molar-refractivity contribution in [3.63, 3.8) is 0 Å². The second kappa shape index (κ2) is 5.53. The van der Waals surface area contributed by atoms with Gasteiger partial charge in [-0.15, -0.1) is 0 Å². The summed E-state index contributed by atoms with van der Waals surface area (Å²) in [7, 11) is -3.52. The van der Waals surface area contributed by atoms with Crippen LogP contribution in [0.5, 0.6) is 0 Å². The second-order valence-corrected chi connectivity index (χ2v) is 5.39. The van der Waals surface area contributed by atoms with Crippen molar-refractivity contribution < 1.29 is 18.3 Å². The third-order valence-corrected chi connectivity index (χ3v) is 3.34. The van der Waals surface area contributed by atoms with E-state index in [2.05, 4.69) is 4.72 Å². The maximum Gasteiger partial charge on any atom is 0.303 e. The molecule has 0 aliphatic carbocycles. The lowest BCUT2D eigenvalue weighted by atomic mass is 10.3. The van der Waals surface area contributed by atoms with Crippen molar-refractivity contribution in [3.8, 4) is 0 Å². The number of nitrogen functional groups attached to an aromatic ring is 1. The molecule has 0 atom stereocenters. The predicted octanol–water partition coefficient (Wildman–Crippen LogP) is 0.875. The summed E-state index contributed by atoms with van der Waals surface area (Å²) >= 11 is 0. The summed E-state index contributed by atoms with van der Waals surface area (Å²) in [6.07, 6.45) is -0.0924. The van der Waals surface area contributed by atoms with Crippen LogP contribution in [0.4, 0.5) is 11.4 Å². The van der Waals surface area contributed by atoms with Crippen molar-refractivity contribution in [3.05, 3.63) is 24.3 Å². The molecule has 0 bridgehead atoms. The number of nitrogens with one attached hydrogen (secondary N) is 1. The predicted molar refractivity (Wildman–Crippen MR) is 65.1 cm³/mol. The fourth-order valence-electron chi connectivity index (χ4n) is 1.25. The van der Waals surface area contributed by atoms with E-state index in [0.717, 1.165) is 0 Å². The van der Waals surface area contributed by atoms with Crippen LogP contribution in [0, 0.1) is 0 Å². The van der Waals surface area contributed by atoms with Gasteiger partial charge in [0, 0.05) is 12.1 Å². The van der Waals surface area contributed by atoms with Crippen LogP contribution in [-0.2, 0) is 14.8 Å². The molecule has 0 fully saturated rings. The molecule has 0 aromatic heterocycles. The van der Waals surface area contributed by atoms with E-state index < -0.39 is 16.0 Å². The second-order valence-electron chi connectivity index (χ2n) is 3.54. The first-order valence-corrected chi connectivity index (χ1v) is 6.62. The molecule has 1 aromatic rings. The Bertz CT molecular complexity index is 499. The summed E-state index contributed by atoms with van der Waals surface area (Å²) in [6.45, 7) is 0. The van der Waals surface area contributed by atoms with Crippen LogP contribution >= 0.6 is 0 Å². The number of carboxylic acid groups (broad SMARTS) is 1. The van der Waals surface area contributed by atoms with Crippen LogP contribution in [-0.4, -0.2) is 25.2 Å². The van der Waals surface area contributed by atoms with Crippen molar-refractivity contribution in [2.24, 2.45) is 0 Å². The number of sulfonamides is 1. The molecule has 0 heterocycles. The molecule has 1 rings (SSSR count). The van der Waals surface area contributed by atoms with E-state index in [0.29, 0.717) is 11.4 Å². The Morgan fingerprint density at radius 1 is 1.41 bits per heavy atom. The highest BCUT2D eigenvalue weighted by atomic mass is 32.2. The summed E-state index contributed by atoms with van der Waals surface area (Å²) in [6, 6.07) is 6.34. The number of carboxylic acids is 1. The highest BCUT2D eigenvalue weighted by Crippen LogP contribution is 2.13. The molecular weight excluding hydrogens is 244 g/mol. The van der Waals surface area contributed by atoms with Gasteiger partial charge in [0.05, 0.1) is 11.4 Å². The number of nitrogens with two attached hydrogens (primary N) is 1. The summed E-state index contributed by atoms with van der Waals surface area (Å²) in [5.41, 5.74) is 6.33. The van der Waals surface area contributed by atoms with Gasteiger partial charge in [-0.2, -0.15) is 0 Å². The normalized spacial score (nSPS) is 11.1. The largest absolute Gasteiger partial charge is 0.481 e. The summed E-state index contributed by atoms with van der Waals surface area (Å²) < 4.78 is 25.4. The molecule has 0 spiro atoms. The van der Waals surface area contributed by atoms with E-state index >= 15 is 0 Å². The van der Waals surface area contributed by atoms with Crippen molar-refractivity contribution in [2.45, 2.75) is 12.8 Å². The Labute approximate surface area is 99.5 Å². The summed E-state index contributed by atoms with van der Waals surface area (Å²) in [5, 5.41) is 8.40.